The lowest BCUT2D eigenvalue weighted by molar-refractivity contribution is -0.119. The highest BCUT2D eigenvalue weighted by Crippen LogP contribution is 2.08. The molecule has 0 saturated carbocycles. The second kappa shape index (κ2) is 2.84. The molecule has 1 heterocycles. The molecule has 1 rings (SSSR count). The lowest BCUT2D eigenvalue weighted by atomic mass is 10.1. The van der Waals surface area contributed by atoms with Crippen molar-refractivity contribution in [2.24, 2.45) is 4.99 Å². The van der Waals surface area contributed by atoms with E-state index in [1.807, 2.05) is 0 Å². The Morgan fingerprint density at radius 1 is 1.73 bits per heavy atom. The van der Waals surface area contributed by atoms with Crippen LogP contribution in [0.4, 0.5) is 0 Å². The molecule has 4 nitrogen and oxygen atoms in total. The molecule has 1 atom stereocenters. The Morgan fingerprint density at radius 2 is 2.36 bits per heavy atom. The average molecular weight is 155 g/mol. The van der Waals surface area contributed by atoms with Crippen molar-refractivity contribution < 1.29 is 15.0 Å². The van der Waals surface area contributed by atoms with Gasteiger partial charge in [0.1, 0.15) is 0 Å². The number of ketones is 1. The molecular formula is C7H9NO3. The molecule has 1 aliphatic rings. The molecule has 0 saturated heterocycles. The summed E-state index contributed by atoms with van der Waals surface area (Å²) in [5, 5.41) is 18.0. The van der Waals surface area contributed by atoms with Gasteiger partial charge in [-0.15, -0.1) is 0 Å². The summed E-state index contributed by atoms with van der Waals surface area (Å²) < 4.78 is 0. The first-order valence-electron chi connectivity index (χ1n) is 3.35. The Kier molecular flexibility index (Phi) is 2.05. The van der Waals surface area contributed by atoms with Gasteiger partial charge < -0.3 is 10.2 Å². The van der Waals surface area contributed by atoms with E-state index in [1.54, 1.807) is 6.92 Å². The summed E-state index contributed by atoms with van der Waals surface area (Å²) in [7, 11) is 0. The fourth-order valence-corrected chi connectivity index (χ4v) is 0.883. The fourth-order valence-electron chi connectivity index (χ4n) is 0.883. The van der Waals surface area contributed by atoms with Gasteiger partial charge in [0, 0.05) is 6.08 Å². The normalized spacial score (nSPS) is 24.5. The number of aliphatic hydroxyl groups excluding tert-OH is 2. The van der Waals surface area contributed by atoms with Crippen LogP contribution in [0.3, 0.4) is 0 Å². The Morgan fingerprint density at radius 3 is 2.91 bits per heavy atom. The van der Waals surface area contributed by atoms with Crippen LogP contribution in [0.25, 0.3) is 0 Å². The third kappa shape index (κ3) is 1.46. The Labute approximate surface area is 63.9 Å². The smallest absolute Gasteiger partial charge is 0.214 e. The van der Waals surface area contributed by atoms with Crippen LogP contribution in [0.1, 0.15) is 13.3 Å². The van der Waals surface area contributed by atoms with Crippen LogP contribution in [0.2, 0.25) is 0 Å². The Balaban J connectivity index is 2.93. The number of hydrogen-bond acceptors (Lipinski definition) is 4. The van der Waals surface area contributed by atoms with Crippen LogP contribution >= 0.6 is 0 Å². The summed E-state index contributed by atoms with van der Waals surface area (Å²) in [4.78, 5) is 14.4. The van der Waals surface area contributed by atoms with Crippen molar-refractivity contribution in [3.63, 3.8) is 0 Å². The van der Waals surface area contributed by atoms with Gasteiger partial charge in [-0.3, -0.25) is 4.79 Å². The van der Waals surface area contributed by atoms with Crippen LogP contribution in [-0.4, -0.2) is 27.8 Å². The summed E-state index contributed by atoms with van der Waals surface area (Å²) in [6.45, 7) is 1.76. The quantitative estimate of drug-likeness (QED) is 0.567. The standard InChI is InChI=1S/C7H9NO3/c1-2-4-7(11)5(9)3-6(10)8-4/h3,7,10-11H,2H2,1H3. The van der Waals surface area contributed by atoms with Gasteiger partial charge in [0.25, 0.3) is 0 Å². The molecule has 1 aliphatic heterocycles. The molecule has 0 aromatic heterocycles. The number of aliphatic hydroxyl groups is 2. The Bertz CT molecular complexity index is 242. The SMILES string of the molecule is CCC1=NC(O)=CC(=O)C1O. The van der Waals surface area contributed by atoms with Gasteiger partial charge in [-0.1, -0.05) is 6.92 Å². The number of rotatable bonds is 1. The molecule has 4 heteroatoms. The maximum atomic E-state index is 10.8. The summed E-state index contributed by atoms with van der Waals surface area (Å²) in [5.41, 5.74) is 0.315. The molecule has 0 amide bonds. The van der Waals surface area contributed by atoms with Gasteiger partial charge in [-0.05, 0) is 6.42 Å². The van der Waals surface area contributed by atoms with Crippen LogP contribution in [-0.2, 0) is 4.79 Å². The van der Waals surface area contributed by atoms with E-state index in [1.165, 1.54) is 0 Å². The first kappa shape index (κ1) is 7.94. The predicted molar refractivity (Wildman–Crippen MR) is 39.5 cm³/mol. The van der Waals surface area contributed by atoms with Gasteiger partial charge in [-0.2, -0.15) is 0 Å². The number of carbonyl (C=O) groups excluding carboxylic acids is 1. The first-order chi connectivity index (χ1) is 5.15. The molecule has 1 unspecified atom stereocenters. The van der Waals surface area contributed by atoms with Crippen molar-refractivity contribution >= 4 is 11.5 Å². The van der Waals surface area contributed by atoms with Gasteiger partial charge in [0.05, 0.1) is 5.71 Å². The summed E-state index contributed by atoms with van der Waals surface area (Å²) >= 11 is 0. The van der Waals surface area contributed by atoms with E-state index < -0.39 is 11.9 Å². The molecule has 2 N–H and O–H groups in total. The molecule has 0 aromatic rings. The highest BCUT2D eigenvalue weighted by molar-refractivity contribution is 6.14. The van der Waals surface area contributed by atoms with Crippen molar-refractivity contribution in [1.82, 2.24) is 0 Å². The summed E-state index contributed by atoms with van der Waals surface area (Å²) in [5.74, 6) is -0.827. The third-order valence-corrected chi connectivity index (χ3v) is 1.48. The van der Waals surface area contributed by atoms with Crippen molar-refractivity contribution in [3.05, 3.63) is 12.0 Å². The molecule has 0 fully saturated rings. The number of carbonyl (C=O) groups is 1. The van der Waals surface area contributed by atoms with E-state index in [0.717, 1.165) is 6.08 Å². The predicted octanol–water partition coefficient (Wildman–Crippen LogP) is 0.180. The van der Waals surface area contributed by atoms with Gasteiger partial charge in [-0.25, -0.2) is 4.99 Å². The first-order valence-corrected chi connectivity index (χ1v) is 3.35. The lowest BCUT2D eigenvalue weighted by Crippen LogP contribution is -2.31. The van der Waals surface area contributed by atoms with Crippen LogP contribution in [0, 0.1) is 0 Å². The lowest BCUT2D eigenvalue weighted by Gasteiger charge is -2.12. The largest absolute Gasteiger partial charge is 0.493 e. The second-order valence-corrected chi connectivity index (χ2v) is 2.26. The third-order valence-electron chi connectivity index (χ3n) is 1.48. The highest BCUT2D eigenvalue weighted by atomic mass is 16.3. The number of aliphatic imine (C=N–C) groups is 1. The average Bonchev–Trinajstić information content (AvgIpc) is 1.96. The zero-order valence-electron chi connectivity index (χ0n) is 6.11. The maximum absolute atomic E-state index is 10.8. The minimum atomic E-state index is -1.16. The second-order valence-electron chi connectivity index (χ2n) is 2.26. The molecular weight excluding hydrogens is 146 g/mol. The summed E-state index contributed by atoms with van der Waals surface area (Å²) in [6.07, 6.45) is 0.227. The van der Waals surface area contributed by atoms with Gasteiger partial charge in [0.2, 0.25) is 5.88 Å². The molecule has 11 heavy (non-hydrogen) atoms. The van der Waals surface area contributed by atoms with Crippen LogP contribution in [0.5, 0.6) is 0 Å². The van der Waals surface area contributed by atoms with Crippen LogP contribution < -0.4 is 0 Å². The molecule has 0 spiro atoms. The van der Waals surface area contributed by atoms with E-state index >= 15 is 0 Å². The molecule has 0 aromatic carbocycles. The molecule has 0 bridgehead atoms. The van der Waals surface area contributed by atoms with E-state index in [-0.39, 0.29) is 5.88 Å². The molecule has 0 radical (unpaired) electrons. The van der Waals surface area contributed by atoms with Crippen molar-refractivity contribution in [1.29, 1.82) is 0 Å². The number of hydrogen-bond donors (Lipinski definition) is 2. The molecule has 60 valence electrons. The maximum Gasteiger partial charge on any atom is 0.214 e. The van der Waals surface area contributed by atoms with E-state index in [9.17, 15) is 4.79 Å². The zero-order valence-corrected chi connectivity index (χ0v) is 6.11. The Hall–Kier alpha value is -1.16. The molecule has 0 aliphatic carbocycles. The van der Waals surface area contributed by atoms with Crippen molar-refractivity contribution in [3.8, 4) is 0 Å². The van der Waals surface area contributed by atoms with Crippen molar-refractivity contribution in [2.45, 2.75) is 19.4 Å². The fraction of sp³-hybridized carbons (Fsp3) is 0.429. The van der Waals surface area contributed by atoms with E-state index in [0.29, 0.717) is 12.1 Å². The summed E-state index contributed by atoms with van der Waals surface area (Å²) in [6, 6.07) is 0. The number of nitrogens with zero attached hydrogens (tertiary/aromatic N) is 1. The minimum absolute atomic E-state index is 0.315. The zero-order chi connectivity index (χ0) is 8.43. The highest BCUT2D eigenvalue weighted by Gasteiger charge is 2.22. The monoisotopic (exact) mass is 155 g/mol. The van der Waals surface area contributed by atoms with E-state index in [2.05, 4.69) is 4.99 Å². The van der Waals surface area contributed by atoms with Crippen LogP contribution in [0.15, 0.2) is 17.0 Å². The van der Waals surface area contributed by atoms with Gasteiger partial charge in [0.15, 0.2) is 11.9 Å². The van der Waals surface area contributed by atoms with Crippen molar-refractivity contribution in [2.75, 3.05) is 0 Å². The van der Waals surface area contributed by atoms with E-state index in [4.69, 9.17) is 10.2 Å². The topological polar surface area (TPSA) is 69.9 Å². The minimum Gasteiger partial charge on any atom is -0.493 e. The van der Waals surface area contributed by atoms with Gasteiger partial charge >= 0.3 is 0 Å².